The van der Waals surface area contributed by atoms with Gasteiger partial charge in [-0.1, -0.05) is 30.3 Å². The Morgan fingerprint density at radius 1 is 0.826 bits per heavy atom. The molecule has 46 heavy (non-hydrogen) atoms. The van der Waals surface area contributed by atoms with Gasteiger partial charge in [-0.15, -0.1) is 11.8 Å². The molecule has 1 aliphatic rings. The van der Waals surface area contributed by atoms with E-state index in [4.69, 9.17) is 9.47 Å². The number of hydrogen-bond donors (Lipinski definition) is 2. The predicted octanol–water partition coefficient (Wildman–Crippen LogP) is 5.32. The molecule has 10 nitrogen and oxygen atoms in total. The molecule has 5 rings (SSSR count). The van der Waals surface area contributed by atoms with Crippen molar-refractivity contribution in [1.82, 2.24) is 5.32 Å². The summed E-state index contributed by atoms with van der Waals surface area (Å²) >= 11 is 1.24. The summed E-state index contributed by atoms with van der Waals surface area (Å²) in [6.07, 6.45) is 1.58. The van der Waals surface area contributed by atoms with Crippen LogP contribution in [0.4, 0.5) is 11.4 Å². The minimum absolute atomic E-state index is 0.0152. The number of hydrogen-bond acceptors (Lipinski definition) is 8. The highest BCUT2D eigenvalue weighted by atomic mass is 32.2. The van der Waals surface area contributed by atoms with Crippen LogP contribution in [0.1, 0.15) is 32.7 Å². The third kappa shape index (κ3) is 7.51. The van der Waals surface area contributed by atoms with Crippen LogP contribution in [0.25, 0.3) is 6.08 Å². The predicted molar refractivity (Wildman–Crippen MR) is 174 cm³/mol. The summed E-state index contributed by atoms with van der Waals surface area (Å²) in [5.41, 5.74) is 2.26. The Bertz CT molecular complexity index is 1790. The van der Waals surface area contributed by atoms with E-state index < -0.39 is 23.0 Å². The number of amides is 4. The summed E-state index contributed by atoms with van der Waals surface area (Å²) in [5.74, 6) is -1.54. The topological polar surface area (TPSA) is 131 Å². The number of rotatable bonds is 10. The van der Waals surface area contributed by atoms with Crippen molar-refractivity contribution in [2.24, 2.45) is 0 Å². The van der Waals surface area contributed by atoms with E-state index in [9.17, 15) is 24.0 Å². The van der Waals surface area contributed by atoms with Crippen molar-refractivity contribution in [3.63, 3.8) is 0 Å². The molecule has 1 aliphatic heterocycles. The molecule has 0 bridgehead atoms. The maximum absolute atomic E-state index is 13.4. The lowest BCUT2D eigenvalue weighted by atomic mass is 10.1. The zero-order valence-electron chi connectivity index (χ0n) is 24.9. The first-order chi connectivity index (χ1) is 22.2. The van der Waals surface area contributed by atoms with Crippen molar-refractivity contribution in [1.29, 1.82) is 0 Å². The lowest BCUT2D eigenvalue weighted by Crippen LogP contribution is -2.31. The third-order valence-electron chi connectivity index (χ3n) is 7.00. The molecule has 11 heteroatoms. The van der Waals surface area contributed by atoms with E-state index in [1.165, 1.54) is 43.1 Å². The van der Waals surface area contributed by atoms with Crippen molar-refractivity contribution in [2.75, 3.05) is 24.4 Å². The number of benzene rings is 4. The highest BCUT2D eigenvalue weighted by Gasteiger charge is 2.40. The number of methoxy groups -OCH3 is 2. The number of imide groups is 1. The first-order valence-corrected chi connectivity index (χ1v) is 15.0. The first-order valence-electron chi connectivity index (χ1n) is 14.1. The van der Waals surface area contributed by atoms with Crippen LogP contribution in [-0.4, -0.2) is 49.1 Å². The van der Waals surface area contributed by atoms with Gasteiger partial charge in [0.2, 0.25) is 11.8 Å². The smallest absolute Gasteiger partial charge is 0.337 e. The van der Waals surface area contributed by atoms with Gasteiger partial charge in [-0.25, -0.2) is 9.69 Å². The Balaban J connectivity index is 1.26. The van der Waals surface area contributed by atoms with Gasteiger partial charge < -0.3 is 20.1 Å². The monoisotopic (exact) mass is 635 g/mol. The molecule has 0 saturated carbocycles. The van der Waals surface area contributed by atoms with Crippen LogP contribution in [0.3, 0.4) is 0 Å². The third-order valence-corrected chi connectivity index (χ3v) is 8.20. The highest BCUT2D eigenvalue weighted by Crippen LogP contribution is 2.34. The fraction of sp³-hybridized carbons (Fsp3) is 0.114. The van der Waals surface area contributed by atoms with Gasteiger partial charge in [0, 0.05) is 22.6 Å². The zero-order valence-corrected chi connectivity index (χ0v) is 25.7. The molecule has 1 heterocycles. The van der Waals surface area contributed by atoms with E-state index in [0.717, 1.165) is 9.80 Å². The van der Waals surface area contributed by atoms with E-state index >= 15 is 0 Å². The number of nitrogens with one attached hydrogen (secondary N) is 2. The molecule has 1 unspecified atom stereocenters. The Labute approximate surface area is 269 Å². The van der Waals surface area contributed by atoms with Crippen LogP contribution in [0.2, 0.25) is 0 Å². The average molecular weight is 636 g/mol. The Kier molecular flexibility index (Phi) is 9.94. The molecular formula is C35H29N3O7S. The van der Waals surface area contributed by atoms with Gasteiger partial charge in [0.25, 0.3) is 11.8 Å². The van der Waals surface area contributed by atoms with Crippen LogP contribution in [0.5, 0.6) is 5.75 Å². The van der Waals surface area contributed by atoms with Gasteiger partial charge in [-0.05, 0) is 84.4 Å². The second-order valence-corrected chi connectivity index (χ2v) is 11.3. The van der Waals surface area contributed by atoms with Gasteiger partial charge in [-0.2, -0.15) is 0 Å². The maximum atomic E-state index is 13.4. The number of ether oxygens (including phenoxy) is 2. The van der Waals surface area contributed by atoms with E-state index in [1.54, 1.807) is 92.0 Å². The number of nitrogens with zero attached hydrogens (tertiary/aromatic N) is 1. The average Bonchev–Trinajstić information content (AvgIpc) is 3.37. The quantitative estimate of drug-likeness (QED) is 0.136. The van der Waals surface area contributed by atoms with Crippen LogP contribution in [-0.2, 0) is 19.1 Å². The Morgan fingerprint density at radius 2 is 1.50 bits per heavy atom. The molecule has 4 aromatic carbocycles. The van der Waals surface area contributed by atoms with Crippen LogP contribution in [0, 0.1) is 0 Å². The summed E-state index contributed by atoms with van der Waals surface area (Å²) in [4.78, 5) is 65.7. The molecular weight excluding hydrogens is 606 g/mol. The normalized spacial score (nSPS) is 14.5. The summed E-state index contributed by atoms with van der Waals surface area (Å²) in [5, 5.41) is 4.87. The summed E-state index contributed by atoms with van der Waals surface area (Å²) in [6, 6.07) is 28.5. The minimum atomic E-state index is -0.638. The SMILES string of the molecule is COC(=O)c1ccc(N2C(=O)CC(Sc3ccc(NC(=O)/C(=C/c4ccc(OC)cc4)NC(=O)c4ccccc4)cc3)C2=O)cc1. The van der Waals surface area contributed by atoms with E-state index in [0.29, 0.717) is 33.8 Å². The second-order valence-electron chi connectivity index (χ2n) is 10.0. The molecule has 232 valence electrons. The molecule has 0 aromatic heterocycles. The standard InChI is InChI=1S/C35H29N3O7S/c1-44-27-16-8-22(9-17-27)20-29(37-32(40)23-6-4-3-5-7-23)33(41)36-25-12-18-28(19-13-25)46-30-21-31(39)38(34(30)42)26-14-10-24(11-15-26)35(43)45-2/h3-20,30H,21H2,1-2H3,(H,36,41)(H,37,40)/b29-20-. The molecule has 4 amide bonds. The second kappa shape index (κ2) is 14.4. The zero-order chi connectivity index (χ0) is 32.6. The van der Waals surface area contributed by atoms with E-state index in [2.05, 4.69) is 10.6 Å². The van der Waals surface area contributed by atoms with Crippen molar-refractivity contribution in [2.45, 2.75) is 16.6 Å². The van der Waals surface area contributed by atoms with Gasteiger partial charge in [0.05, 0.1) is 30.7 Å². The Morgan fingerprint density at radius 3 is 2.13 bits per heavy atom. The lowest BCUT2D eigenvalue weighted by molar-refractivity contribution is -0.121. The van der Waals surface area contributed by atoms with Gasteiger partial charge in [0.1, 0.15) is 11.4 Å². The summed E-state index contributed by atoms with van der Waals surface area (Å²) in [7, 11) is 2.83. The van der Waals surface area contributed by atoms with Crippen molar-refractivity contribution < 1.29 is 33.4 Å². The van der Waals surface area contributed by atoms with Crippen molar-refractivity contribution >= 4 is 58.8 Å². The van der Waals surface area contributed by atoms with E-state index in [-0.39, 0.29) is 23.9 Å². The molecule has 4 aromatic rings. The number of esters is 1. The molecule has 0 aliphatic carbocycles. The first kappa shape index (κ1) is 31.7. The summed E-state index contributed by atoms with van der Waals surface area (Å²) in [6.45, 7) is 0. The molecule has 0 spiro atoms. The van der Waals surface area contributed by atoms with Gasteiger partial charge in [0.15, 0.2) is 0 Å². The fourth-order valence-electron chi connectivity index (χ4n) is 4.62. The maximum Gasteiger partial charge on any atom is 0.337 e. The molecule has 2 N–H and O–H groups in total. The number of anilines is 2. The number of carbonyl (C=O) groups excluding carboxylic acids is 5. The van der Waals surface area contributed by atoms with Gasteiger partial charge >= 0.3 is 5.97 Å². The number of thioether (sulfide) groups is 1. The lowest BCUT2D eigenvalue weighted by Gasteiger charge is -2.15. The molecule has 1 atom stereocenters. The Hall–Kier alpha value is -5.68. The van der Waals surface area contributed by atoms with Crippen LogP contribution < -0.4 is 20.3 Å². The molecule has 0 radical (unpaired) electrons. The van der Waals surface area contributed by atoms with Crippen molar-refractivity contribution in [3.8, 4) is 5.75 Å². The van der Waals surface area contributed by atoms with E-state index in [1.807, 2.05) is 0 Å². The van der Waals surface area contributed by atoms with Crippen molar-refractivity contribution in [3.05, 3.63) is 126 Å². The largest absolute Gasteiger partial charge is 0.497 e. The highest BCUT2D eigenvalue weighted by molar-refractivity contribution is 8.00. The van der Waals surface area contributed by atoms with Crippen LogP contribution >= 0.6 is 11.8 Å². The number of carbonyl (C=O) groups is 5. The molecule has 1 fully saturated rings. The molecule has 1 saturated heterocycles. The minimum Gasteiger partial charge on any atom is -0.497 e. The van der Waals surface area contributed by atoms with Crippen LogP contribution in [0.15, 0.2) is 114 Å². The van der Waals surface area contributed by atoms with Gasteiger partial charge in [-0.3, -0.25) is 19.2 Å². The fourth-order valence-corrected chi connectivity index (χ4v) is 5.67. The summed E-state index contributed by atoms with van der Waals surface area (Å²) < 4.78 is 9.90.